The van der Waals surface area contributed by atoms with Crippen LogP contribution in [0.5, 0.6) is 0 Å². The highest BCUT2D eigenvalue weighted by molar-refractivity contribution is 7.90. The Bertz CT molecular complexity index is 607. The van der Waals surface area contributed by atoms with Crippen molar-refractivity contribution in [1.29, 1.82) is 0 Å². The Morgan fingerprint density at radius 1 is 1.24 bits per heavy atom. The van der Waals surface area contributed by atoms with Crippen LogP contribution in [0, 0.1) is 6.92 Å². The minimum absolute atomic E-state index is 0.230. The lowest BCUT2D eigenvalue weighted by molar-refractivity contribution is -0.156. The molecule has 1 fully saturated rings. The largest absolute Gasteiger partial charge is 0.456 e. The SMILES string of the molecule is Cc1ccc(C2OC(=O)CCC2NS(=O)(=O)C(C)C)cc1. The second-order valence-electron chi connectivity index (χ2n) is 5.68. The Hall–Kier alpha value is -1.40. The van der Waals surface area contributed by atoms with E-state index in [1.54, 1.807) is 13.8 Å². The summed E-state index contributed by atoms with van der Waals surface area (Å²) in [7, 11) is -3.41. The van der Waals surface area contributed by atoms with Crippen molar-refractivity contribution >= 4 is 16.0 Å². The quantitative estimate of drug-likeness (QED) is 0.864. The molecule has 1 heterocycles. The Kier molecular flexibility index (Phi) is 4.68. The zero-order valence-electron chi connectivity index (χ0n) is 12.5. The molecule has 1 saturated heterocycles. The monoisotopic (exact) mass is 311 g/mol. The van der Waals surface area contributed by atoms with Gasteiger partial charge in [0, 0.05) is 6.42 Å². The Morgan fingerprint density at radius 3 is 2.43 bits per heavy atom. The maximum Gasteiger partial charge on any atom is 0.306 e. The van der Waals surface area contributed by atoms with Gasteiger partial charge in [-0.15, -0.1) is 0 Å². The van der Waals surface area contributed by atoms with Gasteiger partial charge in [0.2, 0.25) is 10.0 Å². The Balaban J connectivity index is 2.25. The van der Waals surface area contributed by atoms with Crippen LogP contribution < -0.4 is 4.72 Å². The number of cyclic esters (lactones) is 1. The topological polar surface area (TPSA) is 72.5 Å². The number of carbonyl (C=O) groups excluding carboxylic acids is 1. The summed E-state index contributed by atoms with van der Waals surface area (Å²) in [5, 5.41) is -0.520. The van der Waals surface area contributed by atoms with Crippen molar-refractivity contribution in [2.75, 3.05) is 0 Å². The molecular weight excluding hydrogens is 290 g/mol. The molecular formula is C15H21NO4S. The molecule has 1 aromatic rings. The molecule has 1 aromatic carbocycles. The number of hydrogen-bond acceptors (Lipinski definition) is 4. The number of carbonyl (C=O) groups is 1. The molecule has 0 saturated carbocycles. The van der Waals surface area contributed by atoms with E-state index in [2.05, 4.69) is 4.72 Å². The van der Waals surface area contributed by atoms with Gasteiger partial charge in [-0.1, -0.05) is 29.8 Å². The first-order valence-corrected chi connectivity index (χ1v) is 8.61. The fourth-order valence-corrected chi connectivity index (χ4v) is 3.17. The summed E-state index contributed by atoms with van der Waals surface area (Å²) >= 11 is 0. The average Bonchev–Trinajstić information content (AvgIpc) is 2.41. The summed E-state index contributed by atoms with van der Waals surface area (Å²) in [4.78, 5) is 11.6. The predicted octanol–water partition coefficient (Wildman–Crippen LogP) is 2.07. The van der Waals surface area contributed by atoms with Crippen molar-refractivity contribution < 1.29 is 17.9 Å². The average molecular weight is 311 g/mol. The normalized spacial score (nSPS) is 23.1. The fourth-order valence-electron chi connectivity index (χ4n) is 2.23. The summed E-state index contributed by atoms with van der Waals surface area (Å²) in [5.74, 6) is -0.291. The highest BCUT2D eigenvalue weighted by Crippen LogP contribution is 2.30. The molecule has 0 aliphatic carbocycles. The first kappa shape index (κ1) is 16.0. The van der Waals surface area contributed by atoms with Crippen LogP contribution in [0.3, 0.4) is 0 Å². The van der Waals surface area contributed by atoms with Crippen molar-refractivity contribution in [3.63, 3.8) is 0 Å². The van der Waals surface area contributed by atoms with Crippen molar-refractivity contribution in [3.05, 3.63) is 35.4 Å². The van der Waals surface area contributed by atoms with Gasteiger partial charge in [-0.2, -0.15) is 0 Å². The molecule has 1 aliphatic heterocycles. The lowest BCUT2D eigenvalue weighted by Gasteiger charge is -2.32. The van der Waals surface area contributed by atoms with E-state index in [9.17, 15) is 13.2 Å². The number of aryl methyl sites for hydroxylation is 1. The molecule has 1 aliphatic rings. The van der Waals surface area contributed by atoms with Gasteiger partial charge < -0.3 is 4.74 Å². The molecule has 0 spiro atoms. The van der Waals surface area contributed by atoms with Gasteiger partial charge in [0.05, 0.1) is 11.3 Å². The van der Waals surface area contributed by atoms with E-state index in [1.807, 2.05) is 31.2 Å². The van der Waals surface area contributed by atoms with E-state index in [0.29, 0.717) is 6.42 Å². The lowest BCUT2D eigenvalue weighted by Crippen LogP contribution is -2.46. The zero-order valence-corrected chi connectivity index (χ0v) is 13.3. The molecule has 0 amide bonds. The van der Waals surface area contributed by atoms with E-state index >= 15 is 0 Å². The van der Waals surface area contributed by atoms with Gasteiger partial charge in [-0.3, -0.25) is 4.79 Å². The van der Waals surface area contributed by atoms with Gasteiger partial charge in [0.1, 0.15) is 6.10 Å². The number of ether oxygens (including phenoxy) is 1. The Labute approximate surface area is 125 Å². The first-order chi connectivity index (χ1) is 9.79. The molecule has 0 bridgehead atoms. The molecule has 0 aromatic heterocycles. The van der Waals surface area contributed by atoms with Crippen LogP contribution in [0.4, 0.5) is 0 Å². The molecule has 2 rings (SSSR count). The third-order valence-corrected chi connectivity index (χ3v) is 5.50. The highest BCUT2D eigenvalue weighted by Gasteiger charge is 2.35. The third kappa shape index (κ3) is 3.83. The van der Waals surface area contributed by atoms with Crippen LogP contribution in [0.1, 0.15) is 43.9 Å². The summed E-state index contributed by atoms with van der Waals surface area (Å²) < 4.78 is 32.2. The van der Waals surface area contributed by atoms with Gasteiger partial charge in [0.15, 0.2) is 0 Å². The summed E-state index contributed by atoms with van der Waals surface area (Å²) in [5.41, 5.74) is 1.91. The zero-order chi connectivity index (χ0) is 15.6. The summed E-state index contributed by atoms with van der Waals surface area (Å²) in [6.07, 6.45) is 0.108. The van der Waals surface area contributed by atoms with Crippen molar-refractivity contribution in [2.45, 2.75) is 51.0 Å². The second-order valence-corrected chi connectivity index (χ2v) is 7.95. The van der Waals surface area contributed by atoms with E-state index in [1.165, 1.54) is 0 Å². The summed E-state index contributed by atoms with van der Waals surface area (Å²) in [6, 6.07) is 7.17. The van der Waals surface area contributed by atoms with Gasteiger partial charge in [-0.05, 0) is 32.8 Å². The number of hydrogen-bond donors (Lipinski definition) is 1. The number of benzene rings is 1. The minimum atomic E-state index is -3.41. The standard InChI is InChI=1S/C15H21NO4S/c1-10(2)21(18,19)16-13-8-9-14(17)20-15(13)12-6-4-11(3)5-7-12/h4-7,10,13,15-16H,8-9H2,1-3H3. The predicted molar refractivity (Wildman–Crippen MR) is 80.2 cm³/mol. The number of esters is 1. The lowest BCUT2D eigenvalue weighted by atomic mass is 9.96. The second kappa shape index (κ2) is 6.15. The maximum atomic E-state index is 12.1. The number of sulfonamides is 1. The molecule has 2 atom stereocenters. The smallest absolute Gasteiger partial charge is 0.306 e. The van der Waals surface area contributed by atoms with E-state index in [4.69, 9.17) is 4.74 Å². The molecule has 21 heavy (non-hydrogen) atoms. The molecule has 116 valence electrons. The fraction of sp³-hybridized carbons (Fsp3) is 0.533. The molecule has 5 nitrogen and oxygen atoms in total. The molecule has 0 radical (unpaired) electrons. The maximum absolute atomic E-state index is 12.1. The highest BCUT2D eigenvalue weighted by atomic mass is 32.2. The minimum Gasteiger partial charge on any atom is -0.456 e. The molecule has 6 heteroatoms. The van der Waals surface area contributed by atoms with Gasteiger partial charge >= 0.3 is 5.97 Å². The van der Waals surface area contributed by atoms with Crippen LogP contribution in [0.25, 0.3) is 0 Å². The van der Waals surface area contributed by atoms with Crippen molar-refractivity contribution in [3.8, 4) is 0 Å². The van der Waals surface area contributed by atoms with E-state index in [0.717, 1.165) is 11.1 Å². The molecule has 1 N–H and O–H groups in total. The van der Waals surface area contributed by atoms with Crippen LogP contribution in [0.15, 0.2) is 24.3 Å². The van der Waals surface area contributed by atoms with Crippen molar-refractivity contribution in [1.82, 2.24) is 4.72 Å². The first-order valence-electron chi connectivity index (χ1n) is 7.07. The van der Waals surface area contributed by atoms with E-state index in [-0.39, 0.29) is 12.4 Å². The molecule has 2 unspecified atom stereocenters. The van der Waals surface area contributed by atoms with Gasteiger partial charge in [0.25, 0.3) is 0 Å². The third-order valence-electron chi connectivity index (χ3n) is 3.63. The van der Waals surface area contributed by atoms with Crippen LogP contribution in [-0.4, -0.2) is 25.7 Å². The number of nitrogens with one attached hydrogen (secondary N) is 1. The van der Waals surface area contributed by atoms with Crippen LogP contribution in [-0.2, 0) is 19.6 Å². The van der Waals surface area contributed by atoms with Gasteiger partial charge in [-0.25, -0.2) is 13.1 Å². The van der Waals surface area contributed by atoms with Crippen LogP contribution >= 0.6 is 0 Å². The van der Waals surface area contributed by atoms with Crippen LogP contribution in [0.2, 0.25) is 0 Å². The van der Waals surface area contributed by atoms with Crippen molar-refractivity contribution in [2.24, 2.45) is 0 Å². The Morgan fingerprint density at radius 2 is 1.86 bits per heavy atom. The number of rotatable bonds is 4. The van der Waals surface area contributed by atoms with E-state index < -0.39 is 27.4 Å². The summed E-state index contributed by atoms with van der Waals surface area (Å²) in [6.45, 7) is 5.21.